The number of fused-ring (bicyclic) bond motifs is 2. The molecule has 5 rings (SSSR count). The van der Waals surface area contributed by atoms with Crippen LogP contribution in [-0.2, 0) is 31.4 Å². The number of nitrogens with zero attached hydrogens (tertiary/aromatic N) is 3. The van der Waals surface area contributed by atoms with Crippen LogP contribution >= 0.6 is 11.6 Å². The molecule has 0 aliphatic rings. The van der Waals surface area contributed by atoms with Crippen LogP contribution in [0.25, 0.3) is 32.8 Å². The lowest BCUT2D eigenvalue weighted by molar-refractivity contribution is -0.0936. The number of ether oxygens (including phenoxy) is 2. The van der Waals surface area contributed by atoms with Crippen molar-refractivity contribution >= 4 is 39.2 Å². The molecule has 0 aliphatic carbocycles. The summed E-state index contributed by atoms with van der Waals surface area (Å²) in [4.78, 5) is 12.7. The Balaban J connectivity index is 1.51. The number of aliphatic hydroxyl groups excluding tert-OH is 1. The molecule has 0 atom stereocenters. The Hall–Kier alpha value is -3.99. The number of carboxylic acid groups (broad SMARTS) is 1. The van der Waals surface area contributed by atoms with E-state index in [0.29, 0.717) is 58.9 Å². The van der Waals surface area contributed by atoms with Gasteiger partial charge in [0.25, 0.3) is 5.92 Å². The van der Waals surface area contributed by atoms with Gasteiger partial charge in [-0.05, 0) is 49.8 Å². The van der Waals surface area contributed by atoms with Crippen LogP contribution < -0.4 is 4.74 Å². The molecule has 0 aliphatic heterocycles. The predicted octanol–water partition coefficient (Wildman–Crippen LogP) is 7.42. The molecule has 0 saturated carbocycles. The number of hydrogen-bond acceptors (Lipinski definition) is 5. The van der Waals surface area contributed by atoms with Crippen LogP contribution in [0.3, 0.4) is 0 Å². The minimum Gasteiger partial charge on any atom is -0.493 e. The topological polar surface area (TPSA) is 98.7 Å². The van der Waals surface area contributed by atoms with Crippen molar-refractivity contribution in [3.63, 3.8) is 0 Å². The van der Waals surface area contributed by atoms with E-state index in [9.17, 15) is 18.7 Å². The van der Waals surface area contributed by atoms with E-state index in [1.807, 2.05) is 62.4 Å². The second-order valence-electron chi connectivity index (χ2n) is 11.0. The maximum absolute atomic E-state index is 14.0. The van der Waals surface area contributed by atoms with Crippen LogP contribution in [0.15, 0.2) is 54.6 Å². The second kappa shape index (κ2) is 13.6. The first-order valence-corrected chi connectivity index (χ1v) is 15.2. The molecule has 0 radical (unpaired) electrons. The van der Waals surface area contributed by atoms with Crippen molar-refractivity contribution in [3.05, 3.63) is 82.3 Å². The molecule has 238 valence electrons. The third-order valence-corrected chi connectivity index (χ3v) is 8.38. The Kier molecular flexibility index (Phi) is 9.76. The van der Waals surface area contributed by atoms with Gasteiger partial charge in [-0.1, -0.05) is 54.1 Å². The predicted molar refractivity (Wildman–Crippen MR) is 171 cm³/mol. The smallest absolute Gasteiger partial charge is 0.352 e. The summed E-state index contributed by atoms with van der Waals surface area (Å²) in [5, 5.41) is 27.1. The molecule has 0 bridgehead atoms. The Labute approximate surface area is 264 Å². The summed E-state index contributed by atoms with van der Waals surface area (Å²) in [6.07, 6.45) is 0.306. The van der Waals surface area contributed by atoms with Crippen molar-refractivity contribution in [2.24, 2.45) is 7.05 Å². The maximum atomic E-state index is 14.0. The number of carbonyl (C=O) groups is 1. The van der Waals surface area contributed by atoms with Gasteiger partial charge in [-0.15, -0.1) is 0 Å². The number of alkyl halides is 2. The molecule has 3 aromatic carbocycles. The molecule has 8 nitrogen and oxygen atoms in total. The van der Waals surface area contributed by atoms with Crippen LogP contribution in [0.2, 0.25) is 5.02 Å². The third kappa shape index (κ3) is 6.54. The molecule has 45 heavy (non-hydrogen) atoms. The highest BCUT2D eigenvalue weighted by Gasteiger charge is 2.30. The first-order chi connectivity index (χ1) is 21.6. The zero-order valence-electron chi connectivity index (χ0n) is 25.4. The summed E-state index contributed by atoms with van der Waals surface area (Å²) in [6, 6.07) is 17.4. The summed E-state index contributed by atoms with van der Waals surface area (Å²) in [5.41, 5.74) is 3.77. The molecule has 2 aromatic heterocycles. The molecule has 0 fully saturated rings. The van der Waals surface area contributed by atoms with Crippen LogP contribution in [-0.4, -0.2) is 56.3 Å². The quantitative estimate of drug-likeness (QED) is 0.123. The normalized spacial score (nSPS) is 12.0. The van der Waals surface area contributed by atoms with Gasteiger partial charge in [-0.2, -0.15) is 5.10 Å². The number of aliphatic hydroxyl groups is 1. The van der Waals surface area contributed by atoms with Crippen LogP contribution in [0.1, 0.15) is 47.2 Å². The average molecular weight is 640 g/mol. The van der Waals surface area contributed by atoms with E-state index in [0.717, 1.165) is 27.6 Å². The van der Waals surface area contributed by atoms with E-state index in [2.05, 4.69) is 5.10 Å². The highest BCUT2D eigenvalue weighted by Crippen LogP contribution is 2.42. The molecular formula is C34H36ClF2N3O5. The zero-order valence-corrected chi connectivity index (χ0v) is 26.2. The van der Waals surface area contributed by atoms with E-state index in [1.54, 1.807) is 22.4 Å². The van der Waals surface area contributed by atoms with Crippen molar-refractivity contribution in [2.75, 3.05) is 19.8 Å². The van der Waals surface area contributed by atoms with Gasteiger partial charge < -0.3 is 24.3 Å². The molecule has 0 spiro atoms. The minimum absolute atomic E-state index is 0.171. The lowest BCUT2D eigenvalue weighted by Crippen LogP contribution is -2.25. The summed E-state index contributed by atoms with van der Waals surface area (Å²) < 4.78 is 42.9. The fraction of sp³-hybridized carbons (Fsp3) is 0.353. The summed E-state index contributed by atoms with van der Waals surface area (Å²) in [5.74, 6) is -3.47. The standard InChI is InChI=1S/C34H36ClF2N3O5/c1-4-40-31-25(24(32(40)33(42)43)12-8-18-45-28-13-7-10-22-9-5-6-11-23(22)28)14-15-26(35)30(31)29-21(2)39(3)38-27(29)19-44-20-34(36,37)16-17-41/h5-7,9-11,13-15,41H,4,8,12,16-20H2,1-3H3,(H,42,43). The largest absolute Gasteiger partial charge is 0.493 e. The Morgan fingerprint density at radius 1 is 1.07 bits per heavy atom. The van der Waals surface area contributed by atoms with Crippen LogP contribution in [0, 0.1) is 6.92 Å². The lowest BCUT2D eigenvalue weighted by atomic mass is 9.98. The van der Waals surface area contributed by atoms with Gasteiger partial charge in [0.15, 0.2) is 0 Å². The van der Waals surface area contributed by atoms with Gasteiger partial charge in [0.05, 0.1) is 29.4 Å². The number of aryl methyl sites for hydroxylation is 3. The Morgan fingerprint density at radius 3 is 2.56 bits per heavy atom. The average Bonchev–Trinajstić information content (AvgIpc) is 3.47. The number of halogens is 3. The molecule has 0 unspecified atom stereocenters. The number of carboxylic acids is 1. The van der Waals surface area contributed by atoms with E-state index in [1.165, 1.54) is 0 Å². The van der Waals surface area contributed by atoms with Crippen molar-refractivity contribution in [2.45, 2.75) is 52.2 Å². The minimum atomic E-state index is -3.18. The van der Waals surface area contributed by atoms with Gasteiger partial charge in [0, 0.05) is 54.2 Å². The molecule has 5 aromatic rings. The van der Waals surface area contributed by atoms with Crippen LogP contribution in [0.4, 0.5) is 8.78 Å². The highest BCUT2D eigenvalue weighted by atomic mass is 35.5. The summed E-state index contributed by atoms with van der Waals surface area (Å²) in [6.45, 7) is 2.70. The molecule has 2 N–H and O–H groups in total. The maximum Gasteiger partial charge on any atom is 0.352 e. The molecule has 11 heteroatoms. The Morgan fingerprint density at radius 2 is 1.82 bits per heavy atom. The Bertz CT molecular complexity index is 1840. The number of hydrogen-bond donors (Lipinski definition) is 2. The van der Waals surface area contributed by atoms with Gasteiger partial charge in [0.1, 0.15) is 18.1 Å². The monoisotopic (exact) mass is 639 g/mol. The van der Waals surface area contributed by atoms with E-state index < -0.39 is 31.5 Å². The molecule has 0 saturated heterocycles. The number of rotatable bonds is 14. The fourth-order valence-corrected chi connectivity index (χ4v) is 6.18. The first kappa shape index (κ1) is 32.4. The van der Waals surface area contributed by atoms with E-state index in [-0.39, 0.29) is 12.3 Å². The molecular weight excluding hydrogens is 604 g/mol. The number of aromatic carboxylic acids is 1. The van der Waals surface area contributed by atoms with Gasteiger partial charge >= 0.3 is 5.97 Å². The van der Waals surface area contributed by atoms with Crippen molar-refractivity contribution in [1.82, 2.24) is 14.3 Å². The fourth-order valence-electron chi connectivity index (χ4n) is 5.93. The van der Waals surface area contributed by atoms with Crippen molar-refractivity contribution in [3.8, 4) is 16.9 Å². The SMILES string of the molecule is CCn1c(C(=O)O)c(CCCOc2cccc3ccccc23)c2ccc(Cl)c(-c3c(COCC(F)(F)CCO)nn(C)c3C)c21. The van der Waals surface area contributed by atoms with Gasteiger partial charge in [-0.25, -0.2) is 13.6 Å². The first-order valence-electron chi connectivity index (χ1n) is 14.8. The number of benzene rings is 3. The van der Waals surface area contributed by atoms with Crippen LogP contribution in [0.5, 0.6) is 5.75 Å². The van der Waals surface area contributed by atoms with Crippen molar-refractivity contribution in [1.29, 1.82) is 0 Å². The van der Waals surface area contributed by atoms with E-state index in [4.69, 9.17) is 26.2 Å². The number of aromatic nitrogens is 3. The summed E-state index contributed by atoms with van der Waals surface area (Å²) >= 11 is 6.84. The summed E-state index contributed by atoms with van der Waals surface area (Å²) in [7, 11) is 1.74. The lowest BCUT2D eigenvalue weighted by Gasteiger charge is -2.16. The zero-order chi connectivity index (χ0) is 32.3. The highest BCUT2D eigenvalue weighted by molar-refractivity contribution is 6.35. The van der Waals surface area contributed by atoms with E-state index >= 15 is 0 Å². The van der Waals surface area contributed by atoms with Gasteiger partial charge in [0.2, 0.25) is 0 Å². The molecule has 2 heterocycles. The second-order valence-corrected chi connectivity index (χ2v) is 11.4. The van der Waals surface area contributed by atoms with Gasteiger partial charge in [-0.3, -0.25) is 4.68 Å². The van der Waals surface area contributed by atoms with Crippen molar-refractivity contribution < 1.29 is 33.3 Å². The third-order valence-electron chi connectivity index (χ3n) is 8.06. The molecule has 0 amide bonds.